The van der Waals surface area contributed by atoms with Gasteiger partial charge in [-0.05, 0) is 43.3 Å². The van der Waals surface area contributed by atoms with E-state index in [2.05, 4.69) is 10.3 Å². The third-order valence-electron chi connectivity index (χ3n) is 2.66. The fraction of sp³-hybridized carbons (Fsp3) is 0.200. The number of anilines is 1. The Kier molecular flexibility index (Phi) is 4.55. The highest BCUT2D eigenvalue weighted by atomic mass is 16.5. The molecule has 0 aliphatic heterocycles. The number of carbonyl (C=O) groups excluding carboxylic acids is 1. The zero-order chi connectivity index (χ0) is 14.4. The number of nitrogens with zero attached hydrogens (tertiary/aromatic N) is 1. The van der Waals surface area contributed by atoms with Gasteiger partial charge in [-0.15, -0.1) is 0 Å². The van der Waals surface area contributed by atoms with Gasteiger partial charge in [0.15, 0.2) is 0 Å². The van der Waals surface area contributed by atoms with Crippen molar-refractivity contribution < 1.29 is 9.53 Å². The largest absolute Gasteiger partial charge is 0.492 e. The van der Waals surface area contributed by atoms with E-state index in [4.69, 9.17) is 10.5 Å². The van der Waals surface area contributed by atoms with Crippen LogP contribution in [0.1, 0.15) is 16.2 Å². The van der Waals surface area contributed by atoms with E-state index in [9.17, 15) is 4.79 Å². The number of ether oxygens (including phenoxy) is 1. The van der Waals surface area contributed by atoms with E-state index in [1.54, 1.807) is 30.3 Å². The van der Waals surface area contributed by atoms with Gasteiger partial charge in [0.25, 0.3) is 5.91 Å². The quantitative estimate of drug-likeness (QED) is 0.642. The molecule has 0 saturated carbocycles. The molecule has 2 rings (SSSR count). The minimum absolute atomic E-state index is 0.199. The lowest BCUT2D eigenvalue weighted by atomic mass is 10.3. The van der Waals surface area contributed by atoms with Gasteiger partial charge in [-0.25, -0.2) is 4.98 Å². The summed E-state index contributed by atoms with van der Waals surface area (Å²) in [4.78, 5) is 16.0. The van der Waals surface area contributed by atoms with Crippen LogP contribution in [0.2, 0.25) is 0 Å². The second kappa shape index (κ2) is 6.56. The second-order valence-corrected chi connectivity index (χ2v) is 4.34. The zero-order valence-electron chi connectivity index (χ0n) is 11.3. The van der Waals surface area contributed by atoms with Crippen molar-refractivity contribution in [1.82, 2.24) is 10.3 Å². The number of hydrogen-bond donors (Lipinski definition) is 2. The predicted octanol–water partition coefficient (Wildman–Crippen LogP) is 1.78. The van der Waals surface area contributed by atoms with Gasteiger partial charge < -0.3 is 15.8 Å². The van der Waals surface area contributed by atoms with Crippen LogP contribution in [-0.2, 0) is 0 Å². The van der Waals surface area contributed by atoms with Crippen molar-refractivity contribution in [2.75, 3.05) is 18.9 Å². The molecule has 5 nitrogen and oxygen atoms in total. The summed E-state index contributed by atoms with van der Waals surface area (Å²) in [5.41, 5.74) is 7.50. The van der Waals surface area contributed by atoms with Crippen molar-refractivity contribution in [1.29, 1.82) is 0 Å². The monoisotopic (exact) mass is 271 g/mol. The SMILES string of the molecule is Cc1cccc(C(=O)NCCOc2ccc(N)cc2)n1. The number of carbonyl (C=O) groups is 1. The molecule has 0 fully saturated rings. The number of rotatable bonds is 5. The van der Waals surface area contributed by atoms with E-state index in [1.807, 2.05) is 19.1 Å². The molecule has 0 bridgehead atoms. The van der Waals surface area contributed by atoms with Crippen LogP contribution < -0.4 is 15.8 Å². The lowest BCUT2D eigenvalue weighted by molar-refractivity contribution is 0.0942. The number of nitrogens with one attached hydrogen (secondary N) is 1. The van der Waals surface area contributed by atoms with E-state index < -0.39 is 0 Å². The van der Waals surface area contributed by atoms with Gasteiger partial charge in [-0.1, -0.05) is 6.07 Å². The minimum Gasteiger partial charge on any atom is -0.492 e. The molecule has 0 atom stereocenters. The third kappa shape index (κ3) is 3.98. The van der Waals surface area contributed by atoms with Gasteiger partial charge in [-0.3, -0.25) is 4.79 Å². The second-order valence-electron chi connectivity index (χ2n) is 4.34. The standard InChI is InChI=1S/C15H17N3O2/c1-11-3-2-4-14(18-11)15(19)17-9-10-20-13-7-5-12(16)6-8-13/h2-8H,9-10,16H2,1H3,(H,17,19). The van der Waals surface area contributed by atoms with Crippen LogP contribution in [-0.4, -0.2) is 24.0 Å². The Hall–Kier alpha value is -2.56. The molecule has 2 aromatic rings. The highest BCUT2D eigenvalue weighted by Crippen LogP contribution is 2.12. The van der Waals surface area contributed by atoms with E-state index >= 15 is 0 Å². The zero-order valence-corrected chi connectivity index (χ0v) is 11.3. The molecule has 1 aromatic heterocycles. The van der Waals surface area contributed by atoms with Crippen LogP contribution in [0.3, 0.4) is 0 Å². The molecule has 0 saturated heterocycles. The van der Waals surface area contributed by atoms with Gasteiger partial charge in [0, 0.05) is 11.4 Å². The Balaban J connectivity index is 1.76. The summed E-state index contributed by atoms with van der Waals surface area (Å²) >= 11 is 0. The fourth-order valence-electron chi connectivity index (χ4n) is 1.66. The lowest BCUT2D eigenvalue weighted by Gasteiger charge is -2.08. The summed E-state index contributed by atoms with van der Waals surface area (Å²) in [5.74, 6) is 0.525. The maximum absolute atomic E-state index is 11.8. The van der Waals surface area contributed by atoms with Crippen LogP contribution in [0.15, 0.2) is 42.5 Å². The first-order chi connectivity index (χ1) is 9.65. The van der Waals surface area contributed by atoms with Gasteiger partial charge >= 0.3 is 0 Å². The van der Waals surface area contributed by atoms with Crippen molar-refractivity contribution >= 4 is 11.6 Å². The van der Waals surface area contributed by atoms with E-state index in [1.165, 1.54) is 0 Å². The van der Waals surface area contributed by atoms with Crippen molar-refractivity contribution in [2.45, 2.75) is 6.92 Å². The van der Waals surface area contributed by atoms with Crippen molar-refractivity contribution in [3.05, 3.63) is 53.9 Å². The van der Waals surface area contributed by atoms with Crippen LogP contribution in [0.5, 0.6) is 5.75 Å². The summed E-state index contributed by atoms with van der Waals surface area (Å²) in [6, 6.07) is 12.5. The average Bonchev–Trinajstić information content (AvgIpc) is 2.45. The number of amides is 1. The summed E-state index contributed by atoms with van der Waals surface area (Å²) in [5, 5.41) is 2.76. The van der Waals surface area contributed by atoms with E-state index in [0.29, 0.717) is 24.5 Å². The maximum atomic E-state index is 11.8. The summed E-state index contributed by atoms with van der Waals surface area (Å²) in [6.07, 6.45) is 0. The Bertz CT molecular complexity index is 582. The first-order valence-electron chi connectivity index (χ1n) is 6.35. The number of nitrogens with two attached hydrogens (primary N) is 1. The molecule has 0 aliphatic rings. The molecule has 1 aromatic carbocycles. The smallest absolute Gasteiger partial charge is 0.270 e. The number of benzene rings is 1. The molecule has 0 spiro atoms. The minimum atomic E-state index is -0.199. The molecular weight excluding hydrogens is 254 g/mol. The molecule has 1 heterocycles. The Morgan fingerprint density at radius 3 is 2.70 bits per heavy atom. The predicted molar refractivity (Wildman–Crippen MR) is 77.7 cm³/mol. The van der Waals surface area contributed by atoms with Crippen LogP contribution in [0.25, 0.3) is 0 Å². The highest BCUT2D eigenvalue weighted by molar-refractivity contribution is 5.92. The molecule has 0 aliphatic carbocycles. The van der Waals surface area contributed by atoms with E-state index in [-0.39, 0.29) is 5.91 Å². The molecule has 3 N–H and O–H groups in total. The van der Waals surface area contributed by atoms with Crippen molar-refractivity contribution in [3.8, 4) is 5.75 Å². The topological polar surface area (TPSA) is 77.2 Å². The van der Waals surface area contributed by atoms with E-state index in [0.717, 1.165) is 11.4 Å². The average molecular weight is 271 g/mol. The third-order valence-corrected chi connectivity index (χ3v) is 2.66. The van der Waals surface area contributed by atoms with Gasteiger partial charge in [0.2, 0.25) is 0 Å². The van der Waals surface area contributed by atoms with Crippen LogP contribution in [0, 0.1) is 6.92 Å². The Labute approximate surface area is 117 Å². The number of aromatic nitrogens is 1. The van der Waals surface area contributed by atoms with Crippen LogP contribution >= 0.6 is 0 Å². The summed E-state index contributed by atoms with van der Waals surface area (Å²) < 4.78 is 5.48. The van der Waals surface area contributed by atoms with Gasteiger partial charge in [-0.2, -0.15) is 0 Å². The number of pyridine rings is 1. The van der Waals surface area contributed by atoms with Crippen LogP contribution in [0.4, 0.5) is 5.69 Å². The molecule has 20 heavy (non-hydrogen) atoms. The van der Waals surface area contributed by atoms with Crippen molar-refractivity contribution in [3.63, 3.8) is 0 Å². The molecule has 1 amide bonds. The molecule has 0 radical (unpaired) electrons. The summed E-state index contributed by atoms with van der Waals surface area (Å²) in [7, 11) is 0. The van der Waals surface area contributed by atoms with Gasteiger partial charge in [0.05, 0.1) is 6.54 Å². The number of aryl methyl sites for hydroxylation is 1. The molecule has 5 heteroatoms. The Morgan fingerprint density at radius 2 is 2.00 bits per heavy atom. The molecular formula is C15H17N3O2. The van der Waals surface area contributed by atoms with Crippen molar-refractivity contribution in [2.24, 2.45) is 0 Å². The lowest BCUT2D eigenvalue weighted by Crippen LogP contribution is -2.28. The van der Waals surface area contributed by atoms with Gasteiger partial charge in [0.1, 0.15) is 18.1 Å². The molecule has 104 valence electrons. The Morgan fingerprint density at radius 1 is 1.25 bits per heavy atom. The first kappa shape index (κ1) is 13.9. The fourth-order valence-corrected chi connectivity index (χ4v) is 1.66. The summed E-state index contributed by atoms with van der Waals surface area (Å²) in [6.45, 7) is 2.65. The normalized spacial score (nSPS) is 10.1. The number of hydrogen-bond acceptors (Lipinski definition) is 4. The first-order valence-corrected chi connectivity index (χ1v) is 6.35. The number of nitrogen functional groups attached to an aromatic ring is 1. The highest BCUT2D eigenvalue weighted by Gasteiger charge is 2.05. The maximum Gasteiger partial charge on any atom is 0.270 e. The molecule has 0 unspecified atom stereocenters.